The Morgan fingerprint density at radius 2 is 1.90 bits per heavy atom. The van der Waals surface area contributed by atoms with Crippen molar-refractivity contribution in [2.75, 3.05) is 44.7 Å². The summed E-state index contributed by atoms with van der Waals surface area (Å²) in [5, 5.41) is 8.67. The van der Waals surface area contributed by atoms with Crippen molar-refractivity contribution in [2.45, 2.75) is 24.8 Å². The summed E-state index contributed by atoms with van der Waals surface area (Å²) in [6.45, 7) is 2.65. The molecule has 3 aromatic rings. The Hall–Kier alpha value is -3.43. The summed E-state index contributed by atoms with van der Waals surface area (Å²) in [4.78, 5) is 29.8. The maximum absolute atomic E-state index is 15.3. The van der Waals surface area contributed by atoms with Crippen molar-refractivity contribution in [3.63, 3.8) is 0 Å². The maximum Gasteiger partial charge on any atom is 0.266 e. The van der Waals surface area contributed by atoms with Crippen LogP contribution in [0.15, 0.2) is 59.4 Å². The van der Waals surface area contributed by atoms with Crippen LogP contribution in [-0.4, -0.2) is 60.4 Å². The molecule has 1 aromatic heterocycles. The lowest BCUT2D eigenvalue weighted by Gasteiger charge is -2.32. The average Bonchev–Trinajstić information content (AvgIpc) is 3.35. The molecule has 8 nitrogen and oxygen atoms in total. The second-order valence-electron chi connectivity index (χ2n) is 10.2. The number of carbonyl (C=O) groups excluding carboxylic acids is 1. The molecule has 2 fully saturated rings. The average molecular weight is 554 g/mol. The number of nitrogens with zero attached hydrogens (tertiary/aromatic N) is 4. The summed E-state index contributed by atoms with van der Waals surface area (Å²) >= 11 is 6.05. The number of hydrogen-bond acceptors (Lipinski definition) is 6. The first-order chi connectivity index (χ1) is 18.8. The Bertz CT molecular complexity index is 1370. The highest BCUT2D eigenvalue weighted by molar-refractivity contribution is 6.30. The zero-order valence-electron chi connectivity index (χ0n) is 22.1. The lowest BCUT2D eigenvalue weighted by Crippen LogP contribution is -2.45. The first kappa shape index (κ1) is 27.1. The van der Waals surface area contributed by atoms with Gasteiger partial charge in [-0.25, -0.2) is 9.07 Å². The van der Waals surface area contributed by atoms with Crippen LogP contribution in [0.2, 0.25) is 5.02 Å². The molecule has 1 amide bonds. The summed E-state index contributed by atoms with van der Waals surface area (Å²) in [5.41, 5.74) is 1.45. The highest BCUT2D eigenvalue weighted by Crippen LogP contribution is 2.38. The molecular weight excluding hydrogens is 521 g/mol. The summed E-state index contributed by atoms with van der Waals surface area (Å²) in [6.07, 6.45) is 1.73. The normalized spacial score (nSPS) is 21.9. The number of nitrogens with one attached hydrogen (secondary N) is 1. The van der Waals surface area contributed by atoms with E-state index < -0.39 is 11.7 Å². The Morgan fingerprint density at radius 3 is 2.62 bits per heavy atom. The molecular formula is C29H33ClFN5O3. The van der Waals surface area contributed by atoms with E-state index >= 15 is 4.39 Å². The molecule has 0 bridgehead atoms. The molecule has 5 rings (SSSR count). The van der Waals surface area contributed by atoms with Gasteiger partial charge in [0.25, 0.3) is 5.56 Å². The molecule has 3 unspecified atom stereocenters. The van der Waals surface area contributed by atoms with Crippen molar-refractivity contribution in [1.29, 1.82) is 0 Å². The topological polar surface area (TPSA) is 79.7 Å². The molecule has 10 heteroatoms. The van der Waals surface area contributed by atoms with Gasteiger partial charge in [0.05, 0.1) is 13.0 Å². The Labute approximate surface area is 232 Å². The number of ether oxygens (including phenoxy) is 1. The third kappa shape index (κ3) is 5.94. The second-order valence-corrected chi connectivity index (χ2v) is 10.6. The molecule has 2 aromatic carbocycles. The number of benzene rings is 2. The molecule has 2 saturated heterocycles. The third-order valence-corrected chi connectivity index (χ3v) is 8.04. The minimum atomic E-state index is -0.460. The van der Waals surface area contributed by atoms with E-state index in [1.807, 2.05) is 34.1 Å². The van der Waals surface area contributed by atoms with E-state index in [0.29, 0.717) is 54.9 Å². The fourth-order valence-electron chi connectivity index (χ4n) is 5.66. The molecule has 206 valence electrons. The van der Waals surface area contributed by atoms with E-state index in [2.05, 4.69) is 10.4 Å². The van der Waals surface area contributed by atoms with E-state index in [0.717, 1.165) is 12.8 Å². The van der Waals surface area contributed by atoms with Crippen LogP contribution in [0.4, 0.5) is 10.2 Å². The van der Waals surface area contributed by atoms with Crippen molar-refractivity contribution in [3.8, 4) is 5.75 Å². The van der Waals surface area contributed by atoms with Gasteiger partial charge in [-0.05, 0) is 48.2 Å². The van der Waals surface area contributed by atoms with Crippen molar-refractivity contribution >= 4 is 23.3 Å². The predicted molar refractivity (Wildman–Crippen MR) is 149 cm³/mol. The largest absolute Gasteiger partial charge is 0.497 e. The van der Waals surface area contributed by atoms with Gasteiger partial charge in [-0.15, -0.1) is 0 Å². The molecule has 0 spiro atoms. The summed E-state index contributed by atoms with van der Waals surface area (Å²) in [7, 11) is 3.09. The van der Waals surface area contributed by atoms with Gasteiger partial charge in [-0.1, -0.05) is 29.8 Å². The predicted octanol–water partition coefficient (Wildman–Crippen LogP) is 3.75. The number of aromatic nitrogens is 2. The van der Waals surface area contributed by atoms with Gasteiger partial charge in [-0.3, -0.25) is 9.59 Å². The van der Waals surface area contributed by atoms with Crippen molar-refractivity contribution in [1.82, 2.24) is 20.0 Å². The lowest BCUT2D eigenvalue weighted by molar-refractivity contribution is -0.135. The molecule has 3 atom stereocenters. The van der Waals surface area contributed by atoms with E-state index in [-0.39, 0.29) is 23.4 Å². The van der Waals surface area contributed by atoms with Crippen molar-refractivity contribution in [3.05, 3.63) is 86.9 Å². The number of amides is 1. The van der Waals surface area contributed by atoms with E-state index in [9.17, 15) is 9.59 Å². The zero-order chi connectivity index (χ0) is 27.5. The van der Waals surface area contributed by atoms with Crippen LogP contribution in [-0.2, 0) is 11.8 Å². The molecule has 1 N–H and O–H groups in total. The molecule has 3 heterocycles. The van der Waals surface area contributed by atoms with Crippen molar-refractivity contribution in [2.24, 2.45) is 13.0 Å². The lowest BCUT2D eigenvalue weighted by atomic mass is 9.87. The van der Waals surface area contributed by atoms with E-state index in [1.165, 1.54) is 29.5 Å². The fourth-order valence-corrected chi connectivity index (χ4v) is 5.78. The van der Waals surface area contributed by atoms with Gasteiger partial charge in [0.15, 0.2) is 0 Å². The Morgan fingerprint density at radius 1 is 1.10 bits per heavy atom. The Kier molecular flexibility index (Phi) is 8.18. The minimum absolute atomic E-state index is 0.00859. The first-order valence-electron chi connectivity index (χ1n) is 13.2. The quantitative estimate of drug-likeness (QED) is 0.518. The zero-order valence-corrected chi connectivity index (χ0v) is 22.9. The number of hydrogen-bond donors (Lipinski definition) is 1. The molecule has 2 aliphatic rings. The standard InChI is InChI=1S/C29H33ClFN5O3/c1-34-28(37)12-11-27(33-34)36-17-23(22-10-9-21(39-2)16-25(22)31)24(18-36)29(38)35-14-3-4-26(32-13-15-35)19-5-7-20(30)8-6-19/h5-12,16,23-24,26,32H,3-4,13-15,17-18H2,1-2H3. The highest BCUT2D eigenvalue weighted by atomic mass is 35.5. The fraction of sp³-hybridized carbons (Fsp3) is 0.414. The first-order valence-corrected chi connectivity index (χ1v) is 13.6. The van der Waals surface area contributed by atoms with Gasteiger partial charge in [0.1, 0.15) is 17.4 Å². The van der Waals surface area contributed by atoms with Crippen LogP contribution in [0.25, 0.3) is 0 Å². The number of methoxy groups -OCH3 is 1. The molecule has 2 aliphatic heterocycles. The Balaban J connectivity index is 1.36. The van der Waals surface area contributed by atoms with Gasteiger partial charge in [-0.2, -0.15) is 5.10 Å². The van der Waals surface area contributed by atoms with Gasteiger partial charge in [0.2, 0.25) is 5.91 Å². The monoisotopic (exact) mass is 553 g/mol. The number of rotatable bonds is 5. The maximum atomic E-state index is 15.3. The van der Waals surface area contributed by atoms with Crippen LogP contribution in [0.1, 0.15) is 35.9 Å². The third-order valence-electron chi connectivity index (χ3n) is 7.79. The van der Waals surface area contributed by atoms with E-state index in [1.54, 1.807) is 25.2 Å². The number of carbonyl (C=O) groups is 1. The summed E-state index contributed by atoms with van der Waals surface area (Å²) in [6, 6.07) is 16.0. The van der Waals surface area contributed by atoms with Crippen LogP contribution < -0.4 is 20.5 Å². The van der Waals surface area contributed by atoms with Crippen LogP contribution >= 0.6 is 11.6 Å². The minimum Gasteiger partial charge on any atom is -0.497 e. The molecule has 0 radical (unpaired) electrons. The SMILES string of the molecule is COc1ccc(C2CN(c3ccc(=O)n(C)n3)CC2C(=O)N2CCCC(c3ccc(Cl)cc3)NCC2)c(F)c1. The van der Waals surface area contributed by atoms with Crippen LogP contribution in [0, 0.1) is 11.7 Å². The molecule has 0 saturated carbocycles. The smallest absolute Gasteiger partial charge is 0.266 e. The molecule has 0 aliphatic carbocycles. The summed E-state index contributed by atoms with van der Waals surface area (Å²) in [5.74, 6) is -0.201. The second kappa shape index (κ2) is 11.8. The number of aryl methyl sites for hydroxylation is 1. The van der Waals surface area contributed by atoms with Gasteiger partial charge < -0.3 is 19.9 Å². The van der Waals surface area contributed by atoms with Gasteiger partial charge in [0, 0.05) is 68.9 Å². The van der Waals surface area contributed by atoms with Crippen LogP contribution in [0.3, 0.4) is 0 Å². The van der Waals surface area contributed by atoms with Crippen molar-refractivity contribution < 1.29 is 13.9 Å². The van der Waals surface area contributed by atoms with Crippen LogP contribution in [0.5, 0.6) is 5.75 Å². The van der Waals surface area contributed by atoms with E-state index in [4.69, 9.17) is 16.3 Å². The number of anilines is 1. The number of halogens is 2. The highest BCUT2D eigenvalue weighted by Gasteiger charge is 2.42. The summed E-state index contributed by atoms with van der Waals surface area (Å²) < 4.78 is 21.7. The molecule has 39 heavy (non-hydrogen) atoms. The van der Waals surface area contributed by atoms with Gasteiger partial charge >= 0.3 is 0 Å².